The summed E-state index contributed by atoms with van der Waals surface area (Å²) in [6.07, 6.45) is 0. The Kier molecular flexibility index (Phi) is 32.1. The highest BCUT2D eigenvalue weighted by Gasteiger charge is 2.19. The van der Waals surface area contributed by atoms with Crippen LogP contribution in [-0.2, 0) is 32.5 Å². The summed E-state index contributed by atoms with van der Waals surface area (Å²) in [4.78, 5) is 0. The SMILES string of the molecule is CC.CC.CC.CC(C)(C)c1ccc(-c2ccccc2)cc1.CC(C)(C)c1cccc2ccccc12.CC(C)(C)c1ccccc1.CC(C)(C)c1ccccc1.CC(C)(C)c1ccccc1.CC(C)(C)c1ccccc1-c1ccccc1. The molecular weight excluding hydrogens is 985 g/mol. The molecule has 0 unspecified atom stereocenters. The predicted octanol–water partition coefficient (Wildman–Crippen LogP) is 25.5. The van der Waals surface area contributed by atoms with Crippen molar-refractivity contribution in [1.82, 2.24) is 0 Å². The molecule has 0 aliphatic rings. The number of hydrogen-bond acceptors (Lipinski definition) is 0. The van der Waals surface area contributed by atoms with E-state index >= 15 is 0 Å². The van der Waals surface area contributed by atoms with E-state index in [1.807, 2.05) is 47.6 Å². The van der Waals surface area contributed by atoms with Gasteiger partial charge in [0.25, 0.3) is 0 Å². The number of benzene rings is 9. The van der Waals surface area contributed by atoms with E-state index in [0.717, 1.165) is 0 Å². The van der Waals surface area contributed by atoms with Gasteiger partial charge in [-0.05, 0) is 98.9 Å². The van der Waals surface area contributed by atoms with E-state index in [1.165, 1.54) is 66.4 Å². The van der Waals surface area contributed by atoms with Gasteiger partial charge in [-0.3, -0.25) is 0 Å². The zero-order valence-electron chi connectivity index (χ0n) is 56.1. The summed E-state index contributed by atoms with van der Waals surface area (Å²) >= 11 is 0. The summed E-state index contributed by atoms with van der Waals surface area (Å²) in [6.45, 7) is 52.3. The first kappa shape index (κ1) is 73.3. The van der Waals surface area contributed by atoms with Crippen molar-refractivity contribution in [3.05, 3.63) is 276 Å². The van der Waals surface area contributed by atoms with Crippen LogP contribution in [0.2, 0.25) is 0 Å². The fourth-order valence-corrected chi connectivity index (χ4v) is 8.49. The third-order valence-corrected chi connectivity index (χ3v) is 13.2. The summed E-state index contributed by atoms with van der Waals surface area (Å²) in [6, 6.07) is 85.4. The average Bonchev–Trinajstić information content (AvgIpc) is 3.48. The van der Waals surface area contributed by atoms with Gasteiger partial charge in [0, 0.05) is 0 Å². The van der Waals surface area contributed by atoms with E-state index in [0.29, 0.717) is 16.2 Å². The molecular formula is C82H112. The minimum atomic E-state index is 0.187. The summed E-state index contributed by atoms with van der Waals surface area (Å²) in [5.74, 6) is 0. The molecule has 0 heteroatoms. The second-order valence-corrected chi connectivity index (χ2v) is 26.0. The molecule has 0 radical (unpaired) electrons. The molecule has 0 saturated carbocycles. The van der Waals surface area contributed by atoms with Crippen LogP contribution in [0.5, 0.6) is 0 Å². The molecule has 440 valence electrons. The topological polar surface area (TPSA) is 0 Å². The standard InChI is InChI=1S/2C16H18.C14H16.3C10H14.3C2H6/c1-16(2,3)15-12-8-7-11-14(15)13-9-5-4-6-10-13;1-16(2,3)15-11-9-14(10-12-15)13-7-5-4-6-8-13;1-14(2,3)13-10-6-8-11-7-4-5-9-12(11)13;3*1-10(2,3)9-7-5-4-6-8-9;3*1-2/h2*4-12H,1-3H3;4-10H,1-3H3;3*4-8H,1-3H3;3*1-2H3. The molecule has 0 spiro atoms. The molecule has 82 heavy (non-hydrogen) atoms. The van der Waals surface area contributed by atoms with Crippen LogP contribution >= 0.6 is 0 Å². The lowest BCUT2D eigenvalue weighted by Gasteiger charge is -2.23. The molecule has 9 aromatic carbocycles. The largest absolute Gasteiger partial charge is 0.0683 e. The lowest BCUT2D eigenvalue weighted by molar-refractivity contribution is 0.590. The molecule has 0 heterocycles. The molecule has 0 aliphatic heterocycles. The molecule has 9 rings (SSSR count). The van der Waals surface area contributed by atoms with Crippen LogP contribution in [0.25, 0.3) is 33.0 Å². The Morgan fingerprint density at radius 1 is 0.183 bits per heavy atom. The molecule has 0 fully saturated rings. The van der Waals surface area contributed by atoms with Gasteiger partial charge in [-0.15, -0.1) is 0 Å². The van der Waals surface area contributed by atoms with Crippen molar-refractivity contribution < 1.29 is 0 Å². The molecule has 0 atom stereocenters. The van der Waals surface area contributed by atoms with Crippen LogP contribution in [0.1, 0.15) is 200 Å². The van der Waals surface area contributed by atoms with Gasteiger partial charge < -0.3 is 0 Å². The summed E-state index contributed by atoms with van der Waals surface area (Å²) < 4.78 is 0. The number of rotatable bonds is 2. The molecule has 0 aromatic heterocycles. The van der Waals surface area contributed by atoms with E-state index in [-0.39, 0.29) is 16.2 Å². The van der Waals surface area contributed by atoms with Crippen LogP contribution < -0.4 is 0 Å². The van der Waals surface area contributed by atoms with Crippen molar-refractivity contribution in [3.8, 4) is 22.3 Å². The normalized spacial score (nSPS) is 10.9. The number of fused-ring (bicyclic) bond motifs is 1. The lowest BCUT2D eigenvalue weighted by Crippen LogP contribution is -2.12. The van der Waals surface area contributed by atoms with E-state index < -0.39 is 0 Å². The first-order valence-corrected chi connectivity index (χ1v) is 30.5. The fourth-order valence-electron chi connectivity index (χ4n) is 8.49. The van der Waals surface area contributed by atoms with E-state index in [1.54, 1.807) is 0 Å². The van der Waals surface area contributed by atoms with Gasteiger partial charge in [-0.2, -0.15) is 0 Å². The fraction of sp³-hybridized carbons (Fsp3) is 0.366. The Balaban J connectivity index is 0.000000488. The maximum atomic E-state index is 2.26. The minimum Gasteiger partial charge on any atom is -0.0683 e. The molecule has 9 aromatic rings. The van der Waals surface area contributed by atoms with Gasteiger partial charge in [0.15, 0.2) is 0 Å². The maximum absolute atomic E-state index is 2.26. The first-order chi connectivity index (χ1) is 38.6. The van der Waals surface area contributed by atoms with E-state index in [4.69, 9.17) is 0 Å². The number of hydrogen-bond donors (Lipinski definition) is 0. The highest BCUT2D eigenvalue weighted by molar-refractivity contribution is 5.86. The molecule has 0 N–H and O–H groups in total. The maximum Gasteiger partial charge on any atom is -0.0126 e. The molecule has 0 amide bonds. The summed E-state index contributed by atoms with van der Waals surface area (Å²) in [5, 5.41) is 2.71. The van der Waals surface area contributed by atoms with Gasteiger partial charge in [0.1, 0.15) is 0 Å². The van der Waals surface area contributed by atoms with Crippen molar-refractivity contribution in [1.29, 1.82) is 0 Å². The molecule has 0 saturated heterocycles. The van der Waals surface area contributed by atoms with Crippen molar-refractivity contribution >= 4 is 10.8 Å². The third-order valence-electron chi connectivity index (χ3n) is 13.2. The minimum absolute atomic E-state index is 0.187. The van der Waals surface area contributed by atoms with Crippen molar-refractivity contribution in [2.75, 3.05) is 0 Å². The summed E-state index contributed by atoms with van der Waals surface area (Å²) in [7, 11) is 0. The Morgan fingerprint density at radius 3 is 0.780 bits per heavy atom. The first-order valence-electron chi connectivity index (χ1n) is 30.5. The van der Waals surface area contributed by atoms with Crippen LogP contribution in [0.3, 0.4) is 0 Å². The average molecular weight is 1100 g/mol. The van der Waals surface area contributed by atoms with Crippen LogP contribution in [-0.4, -0.2) is 0 Å². The smallest absolute Gasteiger partial charge is 0.0126 e. The zero-order chi connectivity index (χ0) is 62.2. The lowest BCUT2D eigenvalue weighted by atomic mass is 9.82. The van der Waals surface area contributed by atoms with Crippen molar-refractivity contribution in [2.45, 2.75) is 199 Å². The van der Waals surface area contributed by atoms with E-state index in [2.05, 4.69) is 361 Å². The van der Waals surface area contributed by atoms with Crippen LogP contribution in [0.15, 0.2) is 243 Å². The second-order valence-electron chi connectivity index (χ2n) is 26.0. The quantitative estimate of drug-likeness (QED) is 0.162. The molecule has 0 nitrogen and oxygen atoms in total. The monoisotopic (exact) mass is 1100 g/mol. The van der Waals surface area contributed by atoms with Gasteiger partial charge in [-0.1, -0.05) is 409 Å². The highest BCUT2D eigenvalue weighted by Crippen LogP contribution is 2.33. The Labute approximate surface area is 505 Å². The van der Waals surface area contributed by atoms with Gasteiger partial charge in [-0.25, -0.2) is 0 Å². The molecule has 0 aliphatic carbocycles. The van der Waals surface area contributed by atoms with Gasteiger partial charge >= 0.3 is 0 Å². The second kappa shape index (κ2) is 36.0. The third kappa shape index (κ3) is 26.9. The van der Waals surface area contributed by atoms with Crippen molar-refractivity contribution in [2.24, 2.45) is 0 Å². The van der Waals surface area contributed by atoms with Crippen LogP contribution in [0, 0.1) is 0 Å². The van der Waals surface area contributed by atoms with E-state index in [9.17, 15) is 0 Å². The Morgan fingerprint density at radius 2 is 0.439 bits per heavy atom. The predicted molar refractivity (Wildman–Crippen MR) is 373 cm³/mol. The zero-order valence-corrected chi connectivity index (χ0v) is 56.1. The molecule has 0 bridgehead atoms. The van der Waals surface area contributed by atoms with Crippen molar-refractivity contribution in [3.63, 3.8) is 0 Å². The Bertz CT molecular complexity index is 2870. The highest BCUT2D eigenvalue weighted by atomic mass is 14.2. The summed E-state index contributed by atoms with van der Waals surface area (Å²) in [5.41, 5.74) is 15.1. The van der Waals surface area contributed by atoms with Gasteiger partial charge in [0.05, 0.1) is 0 Å². The Hall–Kier alpha value is -6.76. The van der Waals surface area contributed by atoms with Crippen LogP contribution in [0.4, 0.5) is 0 Å². The van der Waals surface area contributed by atoms with Gasteiger partial charge in [0.2, 0.25) is 0 Å².